The summed E-state index contributed by atoms with van der Waals surface area (Å²) < 4.78 is 48.8. The van der Waals surface area contributed by atoms with Crippen molar-refractivity contribution in [2.75, 3.05) is 32.2 Å². The molecule has 7 heterocycles. The van der Waals surface area contributed by atoms with E-state index in [4.69, 9.17) is 23.9 Å². The smallest absolute Gasteiger partial charge is 0.250 e. The summed E-state index contributed by atoms with van der Waals surface area (Å²) in [5.41, 5.74) is 5.16. The first-order valence-electron chi connectivity index (χ1n) is 17.2. The average molecular weight is 699 g/mol. The number of nitrogens with zero attached hydrogens (tertiary/aromatic N) is 5. The van der Waals surface area contributed by atoms with Crippen LogP contribution in [0.3, 0.4) is 0 Å². The second-order valence-electron chi connectivity index (χ2n) is 13.5. The van der Waals surface area contributed by atoms with Gasteiger partial charge in [-0.3, -0.25) is 4.98 Å². The van der Waals surface area contributed by atoms with Gasteiger partial charge in [0.1, 0.15) is 16.5 Å². The monoisotopic (exact) mass is 698 g/mol. The molecule has 2 atom stereocenters. The van der Waals surface area contributed by atoms with Crippen LogP contribution in [0.2, 0.25) is 0 Å². The maximum atomic E-state index is 14.4. The van der Waals surface area contributed by atoms with Crippen molar-refractivity contribution in [3.63, 3.8) is 0 Å². The second-order valence-corrected chi connectivity index (χ2v) is 16.3. The van der Waals surface area contributed by atoms with E-state index < -0.39 is 10.0 Å². The number of fused-ring (bicyclic) bond motifs is 5. The average Bonchev–Trinajstić information content (AvgIpc) is 3.95. The van der Waals surface area contributed by atoms with Crippen molar-refractivity contribution < 1.29 is 22.3 Å². The Labute approximate surface area is 289 Å². The number of aromatic nitrogens is 4. The number of methoxy groups -OCH3 is 1. The summed E-state index contributed by atoms with van der Waals surface area (Å²) in [5.74, 6) is 2.92. The molecule has 0 bridgehead atoms. The van der Waals surface area contributed by atoms with Crippen LogP contribution in [0.15, 0.2) is 45.8 Å². The van der Waals surface area contributed by atoms with Gasteiger partial charge < -0.3 is 19.2 Å². The second kappa shape index (κ2) is 12.1. The molecule has 0 radical (unpaired) electrons. The molecule has 2 fully saturated rings. The number of aryl methyl sites for hydroxylation is 2. The van der Waals surface area contributed by atoms with Gasteiger partial charge in [-0.25, -0.2) is 13.4 Å². The minimum absolute atomic E-state index is 0.0835. The summed E-state index contributed by atoms with van der Waals surface area (Å²) >= 11 is 1.55. The molecule has 1 aromatic carbocycles. The molecule has 5 aromatic rings. The van der Waals surface area contributed by atoms with E-state index in [1.54, 1.807) is 29.7 Å². The molecule has 13 heteroatoms. The number of ether oxygens (including phenoxy) is 2. The van der Waals surface area contributed by atoms with E-state index >= 15 is 0 Å². The maximum Gasteiger partial charge on any atom is 0.250 e. The fourth-order valence-electron chi connectivity index (χ4n) is 8.28. The predicted molar refractivity (Wildman–Crippen MR) is 186 cm³/mol. The Kier molecular flexibility index (Phi) is 7.71. The minimum Gasteiger partial charge on any atom is -0.496 e. The van der Waals surface area contributed by atoms with Gasteiger partial charge in [0.25, 0.3) is 0 Å². The number of hydrogen-bond acceptors (Lipinski definition) is 11. The standard InChI is InChI=1S/C36H38N6O5S2/c1-20-40-41-36(47-20)30-26(10-8-21-13-17-46-18-14-21)38-32-27-6-4-16-42(27)49(43,44)34(32)31(30)29-19-22-12-15-37-35(33(22)48-29)39-25-11-9-24-23(25)5-3-7-28(24)45-2/h3,5,7,12,15,19,21,25,27H,4,6,8-11,13-14,16-18H2,1-2H3,(H,37,39)/t25-,27-/m1/s1. The highest BCUT2D eigenvalue weighted by Gasteiger charge is 2.49. The lowest BCUT2D eigenvalue weighted by Gasteiger charge is -2.22. The Balaban J connectivity index is 1.21. The van der Waals surface area contributed by atoms with Gasteiger partial charge in [0.05, 0.1) is 40.8 Å². The van der Waals surface area contributed by atoms with Crippen LogP contribution in [0.5, 0.6) is 5.75 Å². The molecule has 3 aliphatic heterocycles. The molecule has 0 spiro atoms. The van der Waals surface area contributed by atoms with Gasteiger partial charge >= 0.3 is 0 Å². The third kappa shape index (κ3) is 5.16. The van der Waals surface area contributed by atoms with Crippen LogP contribution in [0.1, 0.15) is 79.0 Å². The summed E-state index contributed by atoms with van der Waals surface area (Å²) in [6.45, 7) is 3.79. The normalized spacial score (nSPS) is 21.6. The fourth-order valence-corrected chi connectivity index (χ4v) is 11.6. The van der Waals surface area contributed by atoms with Crippen LogP contribution in [0, 0.1) is 12.8 Å². The van der Waals surface area contributed by atoms with Gasteiger partial charge in [-0.1, -0.05) is 12.1 Å². The molecule has 11 nitrogen and oxygen atoms in total. The van der Waals surface area contributed by atoms with Crippen molar-refractivity contribution in [3.05, 3.63) is 64.9 Å². The first kappa shape index (κ1) is 31.1. The maximum absolute atomic E-state index is 14.4. The zero-order valence-corrected chi connectivity index (χ0v) is 29.2. The molecule has 4 aliphatic rings. The third-order valence-electron chi connectivity index (χ3n) is 10.6. The molecule has 254 valence electrons. The van der Waals surface area contributed by atoms with Crippen LogP contribution >= 0.6 is 11.3 Å². The summed E-state index contributed by atoms with van der Waals surface area (Å²) in [7, 11) is -2.10. The number of sulfonamides is 1. The van der Waals surface area contributed by atoms with Crippen LogP contribution in [-0.4, -0.2) is 59.8 Å². The Morgan fingerprint density at radius 1 is 1.10 bits per heavy atom. The number of thiophene rings is 1. The van der Waals surface area contributed by atoms with Gasteiger partial charge in [-0.2, -0.15) is 4.31 Å². The lowest BCUT2D eigenvalue weighted by atomic mass is 9.91. The van der Waals surface area contributed by atoms with Crippen molar-refractivity contribution in [1.82, 2.24) is 24.5 Å². The number of hydrogen-bond donors (Lipinski definition) is 1. The van der Waals surface area contributed by atoms with E-state index in [0.717, 1.165) is 90.4 Å². The van der Waals surface area contributed by atoms with Crippen LogP contribution in [0.25, 0.3) is 32.0 Å². The number of pyridine rings is 2. The largest absolute Gasteiger partial charge is 0.496 e. The van der Waals surface area contributed by atoms with E-state index in [2.05, 4.69) is 27.6 Å². The Hall–Kier alpha value is -3.91. The van der Waals surface area contributed by atoms with E-state index in [0.29, 0.717) is 47.5 Å². The Morgan fingerprint density at radius 3 is 2.80 bits per heavy atom. The highest BCUT2D eigenvalue weighted by molar-refractivity contribution is 7.89. The van der Waals surface area contributed by atoms with E-state index in [9.17, 15) is 8.42 Å². The molecule has 0 amide bonds. The van der Waals surface area contributed by atoms with E-state index in [1.807, 2.05) is 24.4 Å². The van der Waals surface area contributed by atoms with Crippen LogP contribution in [0.4, 0.5) is 5.82 Å². The zero-order valence-electron chi connectivity index (χ0n) is 27.6. The van der Waals surface area contributed by atoms with Gasteiger partial charge in [0.2, 0.25) is 21.8 Å². The summed E-state index contributed by atoms with van der Waals surface area (Å²) in [4.78, 5) is 11.1. The van der Waals surface area contributed by atoms with Crippen molar-refractivity contribution in [3.8, 4) is 27.6 Å². The highest BCUT2D eigenvalue weighted by atomic mass is 32.2. The molecule has 0 unspecified atom stereocenters. The first-order chi connectivity index (χ1) is 23.9. The number of rotatable bonds is 8. The van der Waals surface area contributed by atoms with Gasteiger partial charge in [0, 0.05) is 43.3 Å². The van der Waals surface area contributed by atoms with Crippen molar-refractivity contribution in [2.24, 2.45) is 5.92 Å². The molecule has 1 N–H and O–H groups in total. The van der Waals surface area contributed by atoms with Gasteiger partial charge in [-0.05, 0) is 92.0 Å². The molecular weight excluding hydrogens is 661 g/mol. The van der Waals surface area contributed by atoms with Gasteiger partial charge in [-0.15, -0.1) is 21.5 Å². The topological polar surface area (TPSA) is 133 Å². The zero-order chi connectivity index (χ0) is 33.3. The van der Waals surface area contributed by atoms with Gasteiger partial charge in [0.15, 0.2) is 0 Å². The first-order valence-corrected chi connectivity index (χ1v) is 19.4. The third-order valence-corrected chi connectivity index (χ3v) is 13.8. The van der Waals surface area contributed by atoms with Crippen molar-refractivity contribution >= 4 is 37.3 Å². The van der Waals surface area contributed by atoms with E-state index in [1.165, 1.54) is 11.1 Å². The van der Waals surface area contributed by atoms with Crippen LogP contribution in [-0.2, 0) is 27.6 Å². The van der Waals surface area contributed by atoms with Crippen molar-refractivity contribution in [2.45, 2.75) is 75.3 Å². The Morgan fingerprint density at radius 2 is 1.98 bits per heavy atom. The number of benzene rings is 1. The molecule has 1 aliphatic carbocycles. The quantitative estimate of drug-likeness (QED) is 0.180. The number of anilines is 1. The SMILES string of the molecule is COc1cccc2c1CC[C@H]2Nc1nccc2cc(-c3c(-c4nnc(C)o4)c(CCC4CCOCC4)nc4c3S(=O)(=O)N3CCC[C@H]43)sc12. The molecule has 49 heavy (non-hydrogen) atoms. The molecule has 4 aromatic heterocycles. The number of nitrogens with one attached hydrogen (secondary N) is 1. The molecule has 9 rings (SSSR count). The van der Waals surface area contributed by atoms with E-state index in [-0.39, 0.29) is 17.0 Å². The molecular formula is C36H38N6O5S2. The fraction of sp³-hybridized carbons (Fsp3) is 0.444. The van der Waals surface area contributed by atoms with Crippen molar-refractivity contribution in [1.29, 1.82) is 0 Å². The molecule has 0 saturated carbocycles. The predicted octanol–water partition coefficient (Wildman–Crippen LogP) is 7.02. The summed E-state index contributed by atoms with van der Waals surface area (Å²) in [6.07, 6.45) is 8.86. The molecule has 2 saturated heterocycles. The minimum atomic E-state index is -3.82. The van der Waals surface area contributed by atoms with Crippen LogP contribution < -0.4 is 10.1 Å². The summed E-state index contributed by atoms with van der Waals surface area (Å²) in [6, 6.07) is 10.1. The highest BCUT2D eigenvalue weighted by Crippen LogP contribution is 2.53. The lowest BCUT2D eigenvalue weighted by Crippen LogP contribution is -2.23. The lowest BCUT2D eigenvalue weighted by molar-refractivity contribution is 0.0639. The Bertz CT molecular complexity index is 2190. The summed E-state index contributed by atoms with van der Waals surface area (Å²) in [5, 5.41) is 13.4.